The van der Waals surface area contributed by atoms with Gasteiger partial charge in [-0.15, -0.1) is 0 Å². The quantitative estimate of drug-likeness (QED) is 0.921. The molecule has 0 saturated carbocycles. The second-order valence-electron chi connectivity index (χ2n) is 6.07. The van der Waals surface area contributed by atoms with E-state index >= 15 is 0 Å². The minimum Gasteiger partial charge on any atom is -0.334 e. The van der Waals surface area contributed by atoms with E-state index in [0.29, 0.717) is 11.6 Å². The highest BCUT2D eigenvalue weighted by atomic mass is 35.5. The van der Waals surface area contributed by atoms with Crippen LogP contribution in [0, 0.1) is 0 Å². The van der Waals surface area contributed by atoms with E-state index in [4.69, 9.17) is 11.6 Å². The third-order valence-corrected chi connectivity index (χ3v) is 4.96. The molecule has 23 heavy (non-hydrogen) atoms. The number of carbonyl (C=O) groups excluding carboxylic acids is 1. The van der Waals surface area contributed by atoms with Gasteiger partial charge in [-0.25, -0.2) is 14.8 Å². The van der Waals surface area contributed by atoms with Crippen molar-refractivity contribution in [3.8, 4) is 0 Å². The van der Waals surface area contributed by atoms with Crippen LogP contribution in [0.4, 0.5) is 4.79 Å². The van der Waals surface area contributed by atoms with Crippen molar-refractivity contribution in [1.82, 2.24) is 20.2 Å². The van der Waals surface area contributed by atoms with Crippen LogP contribution in [0.5, 0.6) is 0 Å². The van der Waals surface area contributed by atoms with Gasteiger partial charge in [0, 0.05) is 35.8 Å². The first kappa shape index (κ1) is 14.5. The maximum Gasteiger partial charge on any atom is 0.318 e. The van der Waals surface area contributed by atoms with Gasteiger partial charge in [0.1, 0.15) is 6.33 Å². The Labute approximate surface area is 139 Å². The second-order valence-corrected chi connectivity index (χ2v) is 6.50. The number of benzene rings is 1. The van der Waals surface area contributed by atoms with Crippen molar-refractivity contribution in [3.63, 3.8) is 0 Å². The molecule has 2 atom stereocenters. The van der Waals surface area contributed by atoms with Crippen molar-refractivity contribution in [2.45, 2.75) is 37.9 Å². The first-order valence-electron chi connectivity index (χ1n) is 7.82. The van der Waals surface area contributed by atoms with Gasteiger partial charge in [0.05, 0.1) is 11.7 Å². The summed E-state index contributed by atoms with van der Waals surface area (Å²) in [4.78, 5) is 23.1. The summed E-state index contributed by atoms with van der Waals surface area (Å²) in [6.07, 6.45) is 6.28. The van der Waals surface area contributed by atoms with E-state index in [1.807, 2.05) is 35.4 Å². The Morgan fingerprint density at radius 3 is 2.96 bits per heavy atom. The summed E-state index contributed by atoms with van der Waals surface area (Å²) in [6, 6.07) is 7.86. The highest BCUT2D eigenvalue weighted by Crippen LogP contribution is 2.42. The van der Waals surface area contributed by atoms with Crippen LogP contribution < -0.4 is 5.32 Å². The van der Waals surface area contributed by atoms with Crippen LogP contribution >= 0.6 is 11.6 Å². The fourth-order valence-electron chi connectivity index (χ4n) is 3.61. The highest BCUT2D eigenvalue weighted by Gasteiger charge is 2.43. The van der Waals surface area contributed by atoms with E-state index in [1.54, 1.807) is 6.33 Å². The molecule has 2 aliphatic rings. The monoisotopic (exact) mass is 328 g/mol. The molecule has 4 rings (SSSR count). The molecule has 0 spiro atoms. The van der Waals surface area contributed by atoms with E-state index in [0.717, 1.165) is 36.1 Å². The van der Waals surface area contributed by atoms with E-state index in [-0.39, 0.29) is 18.1 Å². The van der Waals surface area contributed by atoms with Gasteiger partial charge in [-0.2, -0.15) is 0 Å². The molecule has 2 aromatic rings. The molecule has 3 heterocycles. The predicted molar refractivity (Wildman–Crippen MR) is 87.0 cm³/mol. The molecular formula is C17H17ClN4O. The molecule has 1 aromatic carbocycles. The molecule has 5 nitrogen and oxygen atoms in total. The third-order valence-electron chi connectivity index (χ3n) is 4.71. The zero-order valence-electron chi connectivity index (χ0n) is 12.6. The Hall–Kier alpha value is -2.14. The molecule has 118 valence electrons. The van der Waals surface area contributed by atoms with E-state index < -0.39 is 0 Å². The highest BCUT2D eigenvalue weighted by molar-refractivity contribution is 6.30. The second kappa shape index (κ2) is 5.81. The Bertz CT molecular complexity index is 734. The molecule has 6 heteroatoms. The van der Waals surface area contributed by atoms with Gasteiger partial charge in [0.15, 0.2) is 0 Å². The first-order chi connectivity index (χ1) is 11.2. The summed E-state index contributed by atoms with van der Waals surface area (Å²) in [5, 5.41) is 3.72. The number of aromatic nitrogens is 2. The Balaban J connectivity index is 1.48. The average Bonchev–Trinajstić information content (AvgIpc) is 2.89. The number of fused-ring (bicyclic) bond motifs is 4. The Kier molecular flexibility index (Phi) is 3.65. The number of hydrogen-bond donors (Lipinski definition) is 1. The third kappa shape index (κ3) is 2.65. The van der Waals surface area contributed by atoms with Crippen LogP contribution in [0.15, 0.2) is 36.8 Å². The van der Waals surface area contributed by atoms with Crippen LogP contribution in [-0.2, 0) is 13.0 Å². The molecule has 1 fully saturated rings. The average molecular weight is 329 g/mol. The number of carbonyl (C=O) groups is 1. The van der Waals surface area contributed by atoms with Gasteiger partial charge < -0.3 is 10.2 Å². The van der Waals surface area contributed by atoms with Crippen molar-refractivity contribution < 1.29 is 4.79 Å². The number of hydrogen-bond acceptors (Lipinski definition) is 3. The minimum absolute atomic E-state index is 0.0121. The number of rotatable bonds is 2. The van der Waals surface area contributed by atoms with E-state index in [2.05, 4.69) is 15.3 Å². The SMILES string of the molecule is O=C(NCc1ccc(Cl)cc1)N1[C@H]2CC[C@H]1c1cncnc1C2. The number of amides is 2. The van der Waals surface area contributed by atoms with Crippen molar-refractivity contribution >= 4 is 17.6 Å². The number of halogens is 1. The van der Waals surface area contributed by atoms with Crippen molar-refractivity contribution in [1.29, 1.82) is 0 Å². The van der Waals surface area contributed by atoms with Crippen molar-refractivity contribution in [2.75, 3.05) is 0 Å². The fraction of sp³-hybridized carbons (Fsp3) is 0.353. The summed E-state index contributed by atoms with van der Waals surface area (Å²) in [5.74, 6) is 0. The topological polar surface area (TPSA) is 58.1 Å². The minimum atomic E-state index is -0.0121. The number of nitrogens with one attached hydrogen (secondary N) is 1. The van der Waals surface area contributed by atoms with Crippen LogP contribution in [0.1, 0.15) is 35.7 Å². The Morgan fingerprint density at radius 1 is 1.30 bits per heavy atom. The summed E-state index contributed by atoms with van der Waals surface area (Å²) in [7, 11) is 0. The number of nitrogens with zero attached hydrogens (tertiary/aromatic N) is 3. The Morgan fingerprint density at radius 2 is 2.13 bits per heavy atom. The van der Waals surface area contributed by atoms with Gasteiger partial charge in [-0.3, -0.25) is 0 Å². The van der Waals surface area contributed by atoms with Crippen LogP contribution in [-0.4, -0.2) is 26.9 Å². The molecule has 0 unspecified atom stereocenters. The molecule has 2 amide bonds. The normalized spacial score (nSPS) is 21.9. The summed E-state index contributed by atoms with van der Waals surface area (Å²) < 4.78 is 0. The number of urea groups is 1. The van der Waals surface area contributed by atoms with Crippen LogP contribution in [0.2, 0.25) is 5.02 Å². The van der Waals surface area contributed by atoms with E-state index in [1.165, 1.54) is 0 Å². The lowest BCUT2D eigenvalue weighted by molar-refractivity contribution is 0.164. The molecule has 0 aliphatic carbocycles. The lowest BCUT2D eigenvalue weighted by Crippen LogP contribution is -2.47. The lowest BCUT2D eigenvalue weighted by Gasteiger charge is -2.35. The largest absolute Gasteiger partial charge is 0.334 e. The van der Waals surface area contributed by atoms with Crippen molar-refractivity contribution in [2.24, 2.45) is 0 Å². The predicted octanol–water partition coefficient (Wildman–Crippen LogP) is 3.10. The van der Waals surface area contributed by atoms with Crippen LogP contribution in [0.25, 0.3) is 0 Å². The van der Waals surface area contributed by atoms with Gasteiger partial charge in [0.2, 0.25) is 0 Å². The zero-order chi connectivity index (χ0) is 15.8. The summed E-state index contributed by atoms with van der Waals surface area (Å²) in [6.45, 7) is 0.504. The van der Waals surface area contributed by atoms with Gasteiger partial charge >= 0.3 is 6.03 Å². The maximum atomic E-state index is 12.7. The smallest absolute Gasteiger partial charge is 0.318 e. The first-order valence-corrected chi connectivity index (χ1v) is 8.19. The maximum absolute atomic E-state index is 12.7. The fourth-order valence-corrected chi connectivity index (χ4v) is 3.73. The van der Waals surface area contributed by atoms with Crippen LogP contribution in [0.3, 0.4) is 0 Å². The van der Waals surface area contributed by atoms with E-state index in [9.17, 15) is 4.79 Å². The van der Waals surface area contributed by atoms with Gasteiger partial charge in [0.25, 0.3) is 0 Å². The zero-order valence-corrected chi connectivity index (χ0v) is 13.3. The molecule has 2 aliphatic heterocycles. The molecule has 1 aromatic heterocycles. The summed E-state index contributed by atoms with van der Waals surface area (Å²) >= 11 is 5.88. The molecule has 1 saturated heterocycles. The van der Waals surface area contributed by atoms with Crippen molar-refractivity contribution in [3.05, 3.63) is 58.6 Å². The molecular weight excluding hydrogens is 312 g/mol. The molecule has 0 radical (unpaired) electrons. The van der Waals surface area contributed by atoms with Gasteiger partial charge in [-0.1, -0.05) is 23.7 Å². The summed E-state index contributed by atoms with van der Waals surface area (Å²) in [5.41, 5.74) is 3.23. The standard InChI is InChI=1S/C17H17ClN4O/c18-12-3-1-11(2-4-12)8-20-17(23)22-13-5-6-16(22)14-9-19-10-21-15(14)7-13/h1-4,9-10,13,16H,5-8H2,(H,20,23)/t13-,16-/m0/s1. The lowest BCUT2D eigenvalue weighted by atomic mass is 10.00. The van der Waals surface area contributed by atoms with Gasteiger partial charge in [-0.05, 0) is 30.5 Å². The molecule has 2 bridgehead atoms. The molecule has 1 N–H and O–H groups in total.